The van der Waals surface area contributed by atoms with Crippen molar-refractivity contribution in [3.63, 3.8) is 0 Å². The number of pyridine rings is 1. The summed E-state index contributed by atoms with van der Waals surface area (Å²) >= 11 is 6.03. The molecule has 104 valence electrons. The van der Waals surface area contributed by atoms with Gasteiger partial charge in [0, 0.05) is 22.3 Å². The van der Waals surface area contributed by atoms with Gasteiger partial charge in [-0.25, -0.2) is 9.78 Å². The normalized spacial score (nSPS) is 10.5. The van der Waals surface area contributed by atoms with Crippen molar-refractivity contribution in [1.82, 2.24) is 4.98 Å². The Hall–Kier alpha value is -2.59. The second kappa shape index (κ2) is 5.42. The number of anilines is 2. The third-order valence-electron chi connectivity index (χ3n) is 3.12. The maximum absolute atomic E-state index is 10.8. The topological polar surface area (TPSA) is 62.2 Å². The molecule has 0 spiro atoms. The van der Waals surface area contributed by atoms with Crippen molar-refractivity contribution in [2.24, 2.45) is 0 Å². The summed E-state index contributed by atoms with van der Waals surface area (Å²) < 4.78 is 0. The van der Waals surface area contributed by atoms with Gasteiger partial charge in [0.1, 0.15) is 5.82 Å². The molecule has 21 heavy (non-hydrogen) atoms. The molecule has 0 atom stereocenters. The molecule has 3 aromatic rings. The number of hydrogen-bond donors (Lipinski definition) is 2. The summed E-state index contributed by atoms with van der Waals surface area (Å²) in [6.45, 7) is 0. The Labute approximate surface area is 126 Å². The molecule has 5 heteroatoms. The monoisotopic (exact) mass is 298 g/mol. The third-order valence-corrected chi connectivity index (χ3v) is 3.36. The summed E-state index contributed by atoms with van der Waals surface area (Å²) in [5.41, 5.74) is 1.01. The standard InChI is InChI=1S/C16H11ClN2O2/c17-12-4-1-10-7-8-18-15(14(10)9-12)19-13-5-2-11(3-6-13)16(20)21/h1-9H,(H,18,19)(H,20,21). The summed E-state index contributed by atoms with van der Waals surface area (Å²) in [6.07, 6.45) is 1.71. The van der Waals surface area contributed by atoms with Gasteiger partial charge in [-0.3, -0.25) is 0 Å². The predicted octanol–water partition coefficient (Wildman–Crippen LogP) is 4.33. The summed E-state index contributed by atoms with van der Waals surface area (Å²) in [4.78, 5) is 15.2. The molecule has 0 saturated carbocycles. The number of fused-ring (bicyclic) bond motifs is 1. The number of benzene rings is 2. The lowest BCUT2D eigenvalue weighted by Crippen LogP contribution is -1.98. The first-order chi connectivity index (χ1) is 10.1. The van der Waals surface area contributed by atoms with Crippen molar-refractivity contribution in [1.29, 1.82) is 0 Å². The maximum atomic E-state index is 10.8. The van der Waals surface area contributed by atoms with Crippen LogP contribution in [0.5, 0.6) is 0 Å². The Kier molecular flexibility index (Phi) is 3.46. The highest BCUT2D eigenvalue weighted by Crippen LogP contribution is 2.27. The van der Waals surface area contributed by atoms with Crippen LogP contribution in [0.1, 0.15) is 10.4 Å². The molecule has 0 unspecified atom stereocenters. The van der Waals surface area contributed by atoms with Gasteiger partial charge in [0.05, 0.1) is 5.56 Å². The van der Waals surface area contributed by atoms with E-state index in [1.807, 2.05) is 24.3 Å². The predicted molar refractivity (Wildman–Crippen MR) is 83.4 cm³/mol. The highest BCUT2D eigenvalue weighted by molar-refractivity contribution is 6.31. The molecule has 4 nitrogen and oxygen atoms in total. The molecule has 3 rings (SSSR count). The average molecular weight is 299 g/mol. The van der Waals surface area contributed by atoms with Crippen LogP contribution in [-0.4, -0.2) is 16.1 Å². The van der Waals surface area contributed by atoms with E-state index in [0.717, 1.165) is 16.5 Å². The van der Waals surface area contributed by atoms with E-state index in [2.05, 4.69) is 10.3 Å². The Morgan fingerprint density at radius 1 is 1.10 bits per heavy atom. The van der Waals surface area contributed by atoms with Crippen LogP contribution in [0.4, 0.5) is 11.5 Å². The van der Waals surface area contributed by atoms with Crippen molar-refractivity contribution in [2.75, 3.05) is 5.32 Å². The number of carboxylic acids is 1. The van der Waals surface area contributed by atoms with Gasteiger partial charge < -0.3 is 10.4 Å². The number of carboxylic acid groups (broad SMARTS) is 1. The zero-order valence-electron chi connectivity index (χ0n) is 10.9. The lowest BCUT2D eigenvalue weighted by atomic mass is 10.1. The zero-order chi connectivity index (χ0) is 14.8. The minimum atomic E-state index is -0.948. The molecule has 0 aliphatic heterocycles. The van der Waals surface area contributed by atoms with Crippen LogP contribution in [0.15, 0.2) is 54.7 Å². The number of nitrogens with zero attached hydrogens (tertiary/aromatic N) is 1. The van der Waals surface area contributed by atoms with E-state index in [-0.39, 0.29) is 5.56 Å². The Morgan fingerprint density at radius 3 is 2.57 bits per heavy atom. The second-order valence-corrected chi connectivity index (χ2v) is 4.97. The summed E-state index contributed by atoms with van der Waals surface area (Å²) in [7, 11) is 0. The van der Waals surface area contributed by atoms with Crippen LogP contribution < -0.4 is 5.32 Å². The Balaban J connectivity index is 1.97. The third kappa shape index (κ3) is 2.80. The van der Waals surface area contributed by atoms with E-state index in [1.165, 1.54) is 0 Å². The Bertz CT molecular complexity index is 816. The summed E-state index contributed by atoms with van der Waals surface area (Å²) in [5, 5.41) is 14.6. The van der Waals surface area contributed by atoms with Crippen LogP contribution in [0, 0.1) is 0 Å². The smallest absolute Gasteiger partial charge is 0.335 e. The fraction of sp³-hybridized carbons (Fsp3) is 0. The number of hydrogen-bond acceptors (Lipinski definition) is 3. The van der Waals surface area contributed by atoms with Crippen LogP contribution in [-0.2, 0) is 0 Å². The fourth-order valence-electron chi connectivity index (χ4n) is 2.07. The van der Waals surface area contributed by atoms with Crippen molar-refractivity contribution in [2.45, 2.75) is 0 Å². The Morgan fingerprint density at radius 2 is 1.86 bits per heavy atom. The van der Waals surface area contributed by atoms with E-state index in [9.17, 15) is 4.79 Å². The SMILES string of the molecule is O=C(O)c1ccc(Nc2nccc3ccc(Cl)cc23)cc1. The van der Waals surface area contributed by atoms with Crippen molar-refractivity contribution >= 4 is 39.8 Å². The van der Waals surface area contributed by atoms with Crippen LogP contribution >= 0.6 is 11.6 Å². The largest absolute Gasteiger partial charge is 0.478 e. The van der Waals surface area contributed by atoms with Gasteiger partial charge >= 0.3 is 5.97 Å². The average Bonchev–Trinajstić information content (AvgIpc) is 2.48. The molecule has 2 aromatic carbocycles. The van der Waals surface area contributed by atoms with Gasteiger partial charge in [0.25, 0.3) is 0 Å². The van der Waals surface area contributed by atoms with Crippen molar-refractivity contribution < 1.29 is 9.90 Å². The van der Waals surface area contributed by atoms with E-state index >= 15 is 0 Å². The van der Waals surface area contributed by atoms with E-state index < -0.39 is 5.97 Å². The van der Waals surface area contributed by atoms with Crippen LogP contribution in [0.2, 0.25) is 5.02 Å². The first-order valence-corrected chi connectivity index (χ1v) is 6.66. The molecule has 0 radical (unpaired) electrons. The molecule has 0 amide bonds. The number of carbonyl (C=O) groups is 1. The quantitative estimate of drug-likeness (QED) is 0.755. The van der Waals surface area contributed by atoms with Gasteiger partial charge in [-0.2, -0.15) is 0 Å². The van der Waals surface area contributed by atoms with Gasteiger partial charge in [-0.15, -0.1) is 0 Å². The summed E-state index contributed by atoms with van der Waals surface area (Å²) in [5.74, 6) is -0.269. The summed E-state index contributed by atoms with van der Waals surface area (Å²) in [6, 6.07) is 14.0. The van der Waals surface area contributed by atoms with Crippen LogP contribution in [0.3, 0.4) is 0 Å². The lowest BCUT2D eigenvalue weighted by Gasteiger charge is -2.09. The first kappa shape index (κ1) is 13.4. The van der Waals surface area contributed by atoms with Crippen LogP contribution in [0.25, 0.3) is 10.8 Å². The highest BCUT2D eigenvalue weighted by Gasteiger charge is 2.05. The molecule has 0 aliphatic carbocycles. The van der Waals surface area contributed by atoms with Crippen molar-refractivity contribution in [3.8, 4) is 0 Å². The minimum absolute atomic E-state index is 0.245. The molecule has 2 N–H and O–H groups in total. The molecular formula is C16H11ClN2O2. The van der Waals surface area contributed by atoms with Gasteiger partial charge in [0.15, 0.2) is 0 Å². The lowest BCUT2D eigenvalue weighted by molar-refractivity contribution is 0.0697. The highest BCUT2D eigenvalue weighted by atomic mass is 35.5. The molecule has 0 bridgehead atoms. The molecule has 1 heterocycles. The molecule has 1 aromatic heterocycles. The fourth-order valence-corrected chi connectivity index (χ4v) is 2.25. The second-order valence-electron chi connectivity index (χ2n) is 4.53. The van der Waals surface area contributed by atoms with Gasteiger partial charge in [0.2, 0.25) is 0 Å². The molecule has 0 saturated heterocycles. The number of halogens is 1. The zero-order valence-corrected chi connectivity index (χ0v) is 11.6. The number of rotatable bonds is 3. The van der Waals surface area contributed by atoms with E-state index in [0.29, 0.717) is 10.8 Å². The van der Waals surface area contributed by atoms with E-state index in [1.54, 1.807) is 30.5 Å². The number of aromatic nitrogens is 1. The van der Waals surface area contributed by atoms with Gasteiger partial charge in [-0.1, -0.05) is 17.7 Å². The molecular weight excluding hydrogens is 288 g/mol. The molecule has 0 aliphatic rings. The molecule has 0 fully saturated rings. The minimum Gasteiger partial charge on any atom is -0.478 e. The maximum Gasteiger partial charge on any atom is 0.335 e. The van der Waals surface area contributed by atoms with E-state index in [4.69, 9.17) is 16.7 Å². The number of aromatic carboxylic acids is 1. The first-order valence-electron chi connectivity index (χ1n) is 6.28. The van der Waals surface area contributed by atoms with Crippen molar-refractivity contribution in [3.05, 3.63) is 65.3 Å². The van der Waals surface area contributed by atoms with Gasteiger partial charge in [-0.05, 0) is 47.9 Å². The number of nitrogens with one attached hydrogen (secondary N) is 1.